The summed E-state index contributed by atoms with van der Waals surface area (Å²) in [4.78, 5) is 2.53. The monoisotopic (exact) mass is 542 g/mol. The predicted molar refractivity (Wildman–Crippen MR) is 164 cm³/mol. The fourth-order valence-corrected chi connectivity index (χ4v) is 6.19. The Hall–Kier alpha value is -3.18. The third kappa shape index (κ3) is 7.72. The molecule has 5 heteroatoms. The number of anilines is 1. The number of methoxy groups -OCH3 is 1. The van der Waals surface area contributed by atoms with Crippen LogP contribution in [0.2, 0.25) is 0 Å². The van der Waals surface area contributed by atoms with Crippen LogP contribution in [0.5, 0.6) is 17.2 Å². The highest BCUT2D eigenvalue weighted by molar-refractivity contribution is 5.57. The number of ether oxygens (including phenoxy) is 2. The molecule has 0 radical (unpaired) electrons. The standard InChI is InChI=1S/C35H46N2O3/c1-26-16-19-37(20-17-26)21-22-40-32-12-6-27(7-13-32)5-3-4-18-36-35-25-33(39-2)14-15-34(35)30-9-8-29-24-31(38)11-10-28(29)23-30/h6-7,10-15,24-26,30,36,38H,3-5,8-9,16-23H2,1-2H3. The number of fused-ring (bicyclic) bond motifs is 1. The molecule has 5 rings (SSSR count). The summed E-state index contributed by atoms with van der Waals surface area (Å²) in [6.07, 6.45) is 9.05. The lowest BCUT2D eigenvalue weighted by Crippen LogP contribution is -2.35. The number of hydrogen-bond donors (Lipinski definition) is 2. The molecule has 1 aliphatic carbocycles. The number of unbranched alkanes of at least 4 members (excludes halogenated alkanes) is 1. The molecule has 1 aliphatic heterocycles. The second kappa shape index (κ2) is 13.9. The van der Waals surface area contributed by atoms with Crippen LogP contribution in [0.3, 0.4) is 0 Å². The van der Waals surface area contributed by atoms with Crippen molar-refractivity contribution < 1.29 is 14.6 Å². The minimum Gasteiger partial charge on any atom is -0.508 e. The van der Waals surface area contributed by atoms with Crippen molar-refractivity contribution in [1.29, 1.82) is 0 Å². The lowest BCUT2D eigenvalue weighted by atomic mass is 9.79. The Bertz CT molecular complexity index is 1220. The number of hydrogen-bond acceptors (Lipinski definition) is 5. The summed E-state index contributed by atoms with van der Waals surface area (Å²) in [6, 6.07) is 21.0. The van der Waals surface area contributed by atoms with Gasteiger partial charge in [-0.05, 0) is 129 Å². The first-order chi connectivity index (χ1) is 19.6. The Morgan fingerprint density at radius 2 is 1.70 bits per heavy atom. The molecule has 3 aromatic carbocycles. The van der Waals surface area contributed by atoms with Gasteiger partial charge in [0.15, 0.2) is 0 Å². The summed E-state index contributed by atoms with van der Waals surface area (Å²) in [7, 11) is 1.73. The highest BCUT2D eigenvalue weighted by Gasteiger charge is 2.23. The molecule has 1 fully saturated rings. The van der Waals surface area contributed by atoms with Crippen molar-refractivity contribution in [2.45, 2.75) is 64.2 Å². The molecule has 1 unspecified atom stereocenters. The summed E-state index contributed by atoms with van der Waals surface area (Å²) < 4.78 is 11.6. The van der Waals surface area contributed by atoms with Crippen LogP contribution < -0.4 is 14.8 Å². The molecule has 2 N–H and O–H groups in total. The number of phenolic OH excluding ortho intramolecular Hbond substituents is 1. The Labute approximate surface area is 240 Å². The topological polar surface area (TPSA) is 54.0 Å². The van der Waals surface area contributed by atoms with Gasteiger partial charge in [-0.3, -0.25) is 4.90 Å². The Morgan fingerprint density at radius 3 is 2.50 bits per heavy atom. The van der Waals surface area contributed by atoms with Crippen LogP contribution >= 0.6 is 0 Å². The van der Waals surface area contributed by atoms with Crippen LogP contribution in [0.15, 0.2) is 60.7 Å². The van der Waals surface area contributed by atoms with Crippen LogP contribution in [0.1, 0.15) is 67.2 Å². The van der Waals surface area contributed by atoms with Crippen LogP contribution in [-0.2, 0) is 19.3 Å². The first-order valence-corrected chi connectivity index (χ1v) is 15.2. The molecule has 1 saturated heterocycles. The minimum absolute atomic E-state index is 0.367. The lowest BCUT2D eigenvalue weighted by Gasteiger charge is -2.29. The maximum Gasteiger partial charge on any atom is 0.120 e. The SMILES string of the molecule is COc1ccc(C2CCc3cc(O)ccc3C2)c(NCCCCc2ccc(OCCN3CCC(C)CC3)cc2)c1. The Morgan fingerprint density at radius 1 is 0.900 bits per heavy atom. The molecule has 214 valence electrons. The van der Waals surface area contributed by atoms with Gasteiger partial charge in [-0.2, -0.15) is 0 Å². The zero-order chi connectivity index (χ0) is 27.7. The van der Waals surface area contributed by atoms with E-state index in [-0.39, 0.29) is 0 Å². The van der Waals surface area contributed by atoms with E-state index < -0.39 is 0 Å². The van der Waals surface area contributed by atoms with Gasteiger partial charge in [0.2, 0.25) is 0 Å². The zero-order valence-corrected chi connectivity index (χ0v) is 24.3. The van der Waals surface area contributed by atoms with Crippen molar-refractivity contribution in [2.75, 3.05) is 45.2 Å². The van der Waals surface area contributed by atoms with Gasteiger partial charge in [0, 0.05) is 24.8 Å². The van der Waals surface area contributed by atoms with Gasteiger partial charge in [-0.15, -0.1) is 0 Å². The minimum atomic E-state index is 0.367. The molecule has 2 aliphatic rings. The van der Waals surface area contributed by atoms with Gasteiger partial charge in [-0.1, -0.05) is 31.2 Å². The number of phenols is 1. The van der Waals surface area contributed by atoms with E-state index in [1.54, 1.807) is 7.11 Å². The fourth-order valence-electron chi connectivity index (χ4n) is 6.19. The van der Waals surface area contributed by atoms with Gasteiger partial charge >= 0.3 is 0 Å². The molecule has 0 bridgehead atoms. The van der Waals surface area contributed by atoms with E-state index in [1.165, 1.54) is 53.9 Å². The highest BCUT2D eigenvalue weighted by Crippen LogP contribution is 2.38. The number of piperidine rings is 1. The molecule has 0 amide bonds. The average molecular weight is 543 g/mol. The van der Waals surface area contributed by atoms with Crippen molar-refractivity contribution in [2.24, 2.45) is 5.92 Å². The van der Waals surface area contributed by atoms with Crippen molar-refractivity contribution in [3.05, 3.63) is 82.9 Å². The normalized spacial score (nSPS) is 17.8. The van der Waals surface area contributed by atoms with Gasteiger partial charge in [0.05, 0.1) is 7.11 Å². The highest BCUT2D eigenvalue weighted by atomic mass is 16.5. The van der Waals surface area contributed by atoms with Crippen molar-refractivity contribution in [1.82, 2.24) is 4.90 Å². The van der Waals surface area contributed by atoms with Crippen molar-refractivity contribution in [3.8, 4) is 17.2 Å². The first kappa shape index (κ1) is 28.4. The second-order valence-electron chi connectivity index (χ2n) is 11.7. The van der Waals surface area contributed by atoms with E-state index in [1.807, 2.05) is 12.1 Å². The van der Waals surface area contributed by atoms with Gasteiger partial charge in [0.25, 0.3) is 0 Å². The maximum absolute atomic E-state index is 9.85. The summed E-state index contributed by atoms with van der Waals surface area (Å²) in [5, 5.41) is 13.6. The van der Waals surface area contributed by atoms with Crippen molar-refractivity contribution in [3.63, 3.8) is 0 Å². The molecule has 5 nitrogen and oxygen atoms in total. The summed E-state index contributed by atoms with van der Waals surface area (Å²) in [5.41, 5.74) is 6.55. The number of nitrogens with one attached hydrogen (secondary N) is 1. The smallest absolute Gasteiger partial charge is 0.120 e. The van der Waals surface area contributed by atoms with Crippen LogP contribution in [0, 0.1) is 5.92 Å². The van der Waals surface area contributed by atoms with E-state index >= 15 is 0 Å². The molecule has 0 saturated carbocycles. The third-order valence-electron chi connectivity index (χ3n) is 8.80. The molecular formula is C35H46N2O3. The summed E-state index contributed by atoms with van der Waals surface area (Å²) in [6.45, 7) is 7.50. The van der Waals surface area contributed by atoms with E-state index in [2.05, 4.69) is 65.7 Å². The molecule has 1 atom stereocenters. The molecule has 0 spiro atoms. The maximum atomic E-state index is 9.85. The number of rotatable bonds is 12. The molecule has 3 aromatic rings. The van der Waals surface area contributed by atoms with Crippen molar-refractivity contribution >= 4 is 5.69 Å². The average Bonchev–Trinajstić information content (AvgIpc) is 2.98. The van der Waals surface area contributed by atoms with Crippen LogP contribution in [0.4, 0.5) is 5.69 Å². The number of likely N-dealkylation sites (tertiary alicyclic amines) is 1. The largest absolute Gasteiger partial charge is 0.508 e. The van der Waals surface area contributed by atoms with E-state index in [4.69, 9.17) is 9.47 Å². The lowest BCUT2D eigenvalue weighted by molar-refractivity contribution is 0.160. The summed E-state index contributed by atoms with van der Waals surface area (Å²) >= 11 is 0. The quantitative estimate of drug-likeness (QED) is 0.237. The van der Waals surface area contributed by atoms with Gasteiger partial charge < -0.3 is 19.9 Å². The van der Waals surface area contributed by atoms with E-state index in [9.17, 15) is 5.11 Å². The molecule has 1 heterocycles. The zero-order valence-electron chi connectivity index (χ0n) is 24.3. The number of aromatic hydroxyl groups is 1. The Balaban J connectivity index is 1.06. The number of nitrogens with zero attached hydrogens (tertiary/aromatic N) is 1. The fraction of sp³-hybridized carbons (Fsp3) is 0.486. The Kier molecular flexibility index (Phi) is 9.88. The molecule has 0 aromatic heterocycles. The second-order valence-corrected chi connectivity index (χ2v) is 11.7. The number of aryl methyl sites for hydroxylation is 2. The first-order valence-electron chi connectivity index (χ1n) is 15.2. The summed E-state index contributed by atoms with van der Waals surface area (Å²) in [5.74, 6) is 3.57. The van der Waals surface area contributed by atoms with E-state index in [0.717, 1.165) is 75.6 Å². The molecular weight excluding hydrogens is 496 g/mol. The van der Waals surface area contributed by atoms with E-state index in [0.29, 0.717) is 11.7 Å². The third-order valence-corrected chi connectivity index (χ3v) is 8.80. The van der Waals surface area contributed by atoms with Gasteiger partial charge in [-0.25, -0.2) is 0 Å². The van der Waals surface area contributed by atoms with Gasteiger partial charge in [0.1, 0.15) is 23.9 Å². The number of benzene rings is 3. The van der Waals surface area contributed by atoms with Crippen LogP contribution in [0.25, 0.3) is 0 Å². The van der Waals surface area contributed by atoms with Crippen LogP contribution in [-0.4, -0.2) is 49.9 Å². The molecule has 40 heavy (non-hydrogen) atoms. The predicted octanol–water partition coefficient (Wildman–Crippen LogP) is 7.22.